The van der Waals surface area contributed by atoms with Crippen molar-refractivity contribution in [2.75, 3.05) is 19.0 Å². The van der Waals surface area contributed by atoms with Crippen LogP contribution in [-0.2, 0) is 0 Å². The fourth-order valence-corrected chi connectivity index (χ4v) is 3.08. The van der Waals surface area contributed by atoms with E-state index in [2.05, 4.69) is 28.3 Å². The van der Waals surface area contributed by atoms with Crippen molar-refractivity contribution in [1.82, 2.24) is 9.97 Å². The zero-order chi connectivity index (χ0) is 15.5. The lowest BCUT2D eigenvalue weighted by Crippen LogP contribution is -1.98. The summed E-state index contributed by atoms with van der Waals surface area (Å²) < 4.78 is 10.9. The molecule has 22 heavy (non-hydrogen) atoms. The van der Waals surface area contributed by atoms with E-state index in [4.69, 9.17) is 9.47 Å². The minimum Gasteiger partial charge on any atom is -0.493 e. The molecule has 0 aliphatic rings. The summed E-state index contributed by atoms with van der Waals surface area (Å²) in [7, 11) is 1.63. The maximum absolute atomic E-state index is 5.53. The number of thiophene rings is 1. The monoisotopic (exact) mass is 315 g/mol. The van der Waals surface area contributed by atoms with E-state index < -0.39 is 0 Å². The quantitative estimate of drug-likeness (QED) is 0.766. The Bertz CT molecular complexity index is 801. The molecule has 0 aliphatic carbocycles. The van der Waals surface area contributed by atoms with Crippen LogP contribution in [0.1, 0.15) is 11.8 Å². The third kappa shape index (κ3) is 2.82. The summed E-state index contributed by atoms with van der Waals surface area (Å²) in [5.41, 5.74) is 0.893. The van der Waals surface area contributed by atoms with Crippen LogP contribution in [0.2, 0.25) is 0 Å². The van der Waals surface area contributed by atoms with Gasteiger partial charge in [-0.05, 0) is 32.0 Å². The summed E-state index contributed by atoms with van der Waals surface area (Å²) in [6.07, 6.45) is 1.58. The van der Waals surface area contributed by atoms with Crippen molar-refractivity contribution in [3.8, 4) is 11.5 Å². The molecular formula is C16H17N3O2S. The third-order valence-corrected chi connectivity index (χ3v) is 4.14. The molecule has 0 atom stereocenters. The highest BCUT2D eigenvalue weighted by Crippen LogP contribution is 2.33. The number of nitrogens with zero attached hydrogens (tertiary/aromatic N) is 2. The Balaban J connectivity index is 1.94. The van der Waals surface area contributed by atoms with Crippen LogP contribution in [-0.4, -0.2) is 23.7 Å². The van der Waals surface area contributed by atoms with Crippen molar-refractivity contribution in [2.45, 2.75) is 13.8 Å². The average molecular weight is 315 g/mol. The number of rotatable bonds is 5. The molecule has 0 fully saturated rings. The summed E-state index contributed by atoms with van der Waals surface area (Å²) in [6.45, 7) is 4.61. The van der Waals surface area contributed by atoms with Gasteiger partial charge in [-0.25, -0.2) is 9.97 Å². The first kappa shape index (κ1) is 14.6. The Labute approximate surface area is 132 Å². The molecule has 5 nitrogen and oxygen atoms in total. The van der Waals surface area contributed by atoms with Gasteiger partial charge in [0, 0.05) is 16.6 Å². The second kappa shape index (κ2) is 6.19. The number of fused-ring (bicyclic) bond motifs is 1. The van der Waals surface area contributed by atoms with Crippen molar-refractivity contribution in [1.29, 1.82) is 0 Å². The Kier molecular flexibility index (Phi) is 4.11. The molecule has 0 spiro atoms. The SMILES string of the molecule is CCOc1ccc(Nc2ncnc3sc(C)cc23)cc1OC. The molecule has 0 bridgehead atoms. The number of aromatic nitrogens is 2. The number of ether oxygens (including phenoxy) is 2. The summed E-state index contributed by atoms with van der Waals surface area (Å²) in [5, 5.41) is 4.35. The van der Waals surface area contributed by atoms with Crippen LogP contribution >= 0.6 is 11.3 Å². The molecule has 2 aromatic heterocycles. The second-order valence-corrected chi connectivity index (χ2v) is 5.96. The van der Waals surface area contributed by atoms with E-state index in [9.17, 15) is 0 Å². The molecule has 3 aromatic rings. The van der Waals surface area contributed by atoms with E-state index in [0.29, 0.717) is 12.4 Å². The van der Waals surface area contributed by atoms with E-state index in [-0.39, 0.29) is 0 Å². The molecule has 0 unspecified atom stereocenters. The molecule has 0 saturated heterocycles. The fourth-order valence-electron chi connectivity index (χ4n) is 2.23. The van der Waals surface area contributed by atoms with E-state index in [1.807, 2.05) is 25.1 Å². The van der Waals surface area contributed by atoms with Gasteiger partial charge in [0.1, 0.15) is 17.0 Å². The largest absolute Gasteiger partial charge is 0.493 e. The van der Waals surface area contributed by atoms with Gasteiger partial charge in [-0.2, -0.15) is 0 Å². The van der Waals surface area contributed by atoms with Gasteiger partial charge in [-0.3, -0.25) is 0 Å². The smallest absolute Gasteiger partial charge is 0.162 e. The van der Waals surface area contributed by atoms with Crippen LogP contribution in [0.5, 0.6) is 11.5 Å². The van der Waals surface area contributed by atoms with Gasteiger partial charge in [0.05, 0.1) is 19.1 Å². The zero-order valence-electron chi connectivity index (χ0n) is 12.7. The molecule has 1 aromatic carbocycles. The lowest BCUT2D eigenvalue weighted by atomic mass is 10.2. The number of aryl methyl sites for hydroxylation is 1. The predicted octanol–water partition coefficient (Wildman–Crippen LogP) is 4.15. The molecule has 3 rings (SSSR count). The molecule has 6 heteroatoms. The molecule has 114 valence electrons. The number of nitrogens with one attached hydrogen (secondary N) is 1. The first-order valence-corrected chi connectivity index (χ1v) is 7.82. The van der Waals surface area contributed by atoms with Crippen LogP contribution in [0.3, 0.4) is 0 Å². The highest BCUT2D eigenvalue weighted by Gasteiger charge is 2.09. The second-order valence-electron chi connectivity index (χ2n) is 4.72. The highest BCUT2D eigenvalue weighted by molar-refractivity contribution is 7.18. The fraction of sp³-hybridized carbons (Fsp3) is 0.250. The predicted molar refractivity (Wildman–Crippen MR) is 89.6 cm³/mol. The molecular weight excluding hydrogens is 298 g/mol. The Morgan fingerprint density at radius 3 is 2.82 bits per heavy atom. The zero-order valence-corrected chi connectivity index (χ0v) is 13.5. The normalized spacial score (nSPS) is 10.7. The number of hydrogen-bond acceptors (Lipinski definition) is 6. The summed E-state index contributed by atoms with van der Waals surface area (Å²) >= 11 is 1.66. The summed E-state index contributed by atoms with van der Waals surface area (Å²) in [4.78, 5) is 10.8. The van der Waals surface area contributed by atoms with Gasteiger partial charge < -0.3 is 14.8 Å². The van der Waals surface area contributed by atoms with Crippen LogP contribution in [0.4, 0.5) is 11.5 Å². The van der Waals surface area contributed by atoms with Crippen molar-refractivity contribution in [3.63, 3.8) is 0 Å². The third-order valence-electron chi connectivity index (χ3n) is 3.18. The molecule has 2 heterocycles. The van der Waals surface area contributed by atoms with Crippen molar-refractivity contribution in [2.24, 2.45) is 0 Å². The standard InChI is InChI=1S/C16H17N3O2S/c1-4-21-13-6-5-11(8-14(13)20-3)19-15-12-7-10(2)22-16(12)18-9-17-15/h5-9H,4H2,1-3H3,(H,17,18,19). The van der Waals surface area contributed by atoms with Gasteiger partial charge in [0.2, 0.25) is 0 Å². The molecule has 1 N–H and O–H groups in total. The summed E-state index contributed by atoms with van der Waals surface area (Å²) in [5.74, 6) is 2.22. The minimum atomic E-state index is 0.601. The molecule has 0 radical (unpaired) electrons. The number of hydrogen-bond donors (Lipinski definition) is 1. The molecule has 0 amide bonds. The first-order valence-electron chi connectivity index (χ1n) is 7.00. The highest BCUT2D eigenvalue weighted by atomic mass is 32.1. The van der Waals surface area contributed by atoms with Crippen molar-refractivity contribution >= 4 is 33.1 Å². The Hall–Kier alpha value is -2.34. The average Bonchev–Trinajstić information content (AvgIpc) is 2.90. The maximum atomic E-state index is 5.53. The first-order chi connectivity index (χ1) is 10.7. The van der Waals surface area contributed by atoms with Gasteiger partial charge >= 0.3 is 0 Å². The van der Waals surface area contributed by atoms with E-state index >= 15 is 0 Å². The molecule has 0 saturated carbocycles. The van der Waals surface area contributed by atoms with Gasteiger partial charge in [0.25, 0.3) is 0 Å². The van der Waals surface area contributed by atoms with Gasteiger partial charge in [0.15, 0.2) is 11.5 Å². The van der Waals surface area contributed by atoms with E-state index in [0.717, 1.165) is 27.5 Å². The number of methoxy groups -OCH3 is 1. The lowest BCUT2D eigenvalue weighted by molar-refractivity contribution is 0.311. The molecule has 0 aliphatic heterocycles. The summed E-state index contributed by atoms with van der Waals surface area (Å²) in [6, 6.07) is 7.83. The number of anilines is 2. The van der Waals surface area contributed by atoms with Gasteiger partial charge in [-0.15, -0.1) is 11.3 Å². The van der Waals surface area contributed by atoms with Crippen LogP contribution in [0, 0.1) is 6.92 Å². The van der Waals surface area contributed by atoms with Crippen LogP contribution < -0.4 is 14.8 Å². The van der Waals surface area contributed by atoms with Crippen molar-refractivity contribution < 1.29 is 9.47 Å². The van der Waals surface area contributed by atoms with Crippen molar-refractivity contribution in [3.05, 3.63) is 35.5 Å². The van der Waals surface area contributed by atoms with Crippen LogP contribution in [0.25, 0.3) is 10.2 Å². The van der Waals surface area contributed by atoms with E-state index in [1.165, 1.54) is 4.88 Å². The van der Waals surface area contributed by atoms with Gasteiger partial charge in [-0.1, -0.05) is 0 Å². The Morgan fingerprint density at radius 1 is 1.18 bits per heavy atom. The van der Waals surface area contributed by atoms with E-state index in [1.54, 1.807) is 24.8 Å². The maximum Gasteiger partial charge on any atom is 0.162 e. The lowest BCUT2D eigenvalue weighted by Gasteiger charge is -2.12. The minimum absolute atomic E-state index is 0.601. The Morgan fingerprint density at radius 2 is 2.05 bits per heavy atom. The van der Waals surface area contributed by atoms with Crippen LogP contribution in [0.15, 0.2) is 30.6 Å². The topological polar surface area (TPSA) is 56.3 Å². The number of benzene rings is 1.